The average molecular weight is 400 g/mol. The van der Waals surface area contributed by atoms with Gasteiger partial charge in [0, 0.05) is 17.6 Å². The molecule has 156 valence electrons. The smallest absolute Gasteiger partial charge is 0.261 e. The number of amides is 2. The summed E-state index contributed by atoms with van der Waals surface area (Å²) in [5.74, 6) is -0.529. The first kappa shape index (κ1) is 22.4. The summed E-state index contributed by atoms with van der Waals surface area (Å²) >= 11 is 0. The van der Waals surface area contributed by atoms with E-state index in [0.29, 0.717) is 11.3 Å². The summed E-state index contributed by atoms with van der Waals surface area (Å²) in [7, 11) is 0. The molecule has 0 aliphatic carbocycles. The number of rotatable bonds is 7. The number of halogens is 1. The summed E-state index contributed by atoms with van der Waals surface area (Å²) < 4.78 is 19.8. The first-order valence-electron chi connectivity index (χ1n) is 9.62. The van der Waals surface area contributed by atoms with Crippen LogP contribution in [0.3, 0.4) is 0 Å². The zero-order valence-electron chi connectivity index (χ0n) is 17.7. The van der Waals surface area contributed by atoms with Crippen LogP contribution in [0, 0.1) is 12.7 Å². The minimum absolute atomic E-state index is 0.0264. The van der Waals surface area contributed by atoms with E-state index in [2.05, 4.69) is 5.32 Å². The monoisotopic (exact) mass is 400 g/mol. The molecule has 29 heavy (non-hydrogen) atoms. The molecular formula is C23H29FN2O3. The molecule has 0 aromatic heterocycles. The van der Waals surface area contributed by atoms with Gasteiger partial charge in [0.05, 0.1) is 0 Å². The molecule has 2 aromatic carbocycles. The Morgan fingerprint density at radius 1 is 1.10 bits per heavy atom. The topological polar surface area (TPSA) is 58.6 Å². The van der Waals surface area contributed by atoms with Gasteiger partial charge in [-0.3, -0.25) is 9.59 Å². The minimum Gasteiger partial charge on any atom is -0.484 e. The zero-order valence-corrected chi connectivity index (χ0v) is 17.7. The van der Waals surface area contributed by atoms with Crippen molar-refractivity contribution in [2.24, 2.45) is 0 Å². The van der Waals surface area contributed by atoms with Crippen molar-refractivity contribution in [3.05, 3.63) is 65.5 Å². The highest BCUT2D eigenvalue weighted by molar-refractivity contribution is 5.88. The molecule has 0 saturated carbocycles. The molecule has 2 aromatic rings. The van der Waals surface area contributed by atoms with Crippen LogP contribution < -0.4 is 10.1 Å². The quantitative estimate of drug-likeness (QED) is 0.768. The lowest BCUT2D eigenvalue weighted by molar-refractivity contribution is -0.142. The molecule has 0 heterocycles. The maximum atomic E-state index is 14.2. The number of ether oxygens (including phenoxy) is 1. The second-order valence-corrected chi connectivity index (χ2v) is 8.08. The van der Waals surface area contributed by atoms with E-state index in [1.54, 1.807) is 31.2 Å². The molecule has 1 N–H and O–H groups in total. The number of hydrogen-bond acceptors (Lipinski definition) is 3. The molecule has 1 atom stereocenters. The molecule has 0 unspecified atom stereocenters. The van der Waals surface area contributed by atoms with E-state index in [1.165, 1.54) is 11.0 Å². The third kappa shape index (κ3) is 6.59. The lowest BCUT2D eigenvalue weighted by atomic mass is 10.1. The highest BCUT2D eigenvalue weighted by Crippen LogP contribution is 2.18. The minimum atomic E-state index is -0.790. The van der Waals surface area contributed by atoms with Crippen molar-refractivity contribution >= 4 is 11.8 Å². The predicted molar refractivity (Wildman–Crippen MR) is 111 cm³/mol. The Labute approximate surface area is 171 Å². The van der Waals surface area contributed by atoms with E-state index >= 15 is 0 Å². The largest absolute Gasteiger partial charge is 0.484 e. The molecule has 0 fully saturated rings. The number of carbonyl (C=O) groups excluding carboxylic acids is 2. The fourth-order valence-corrected chi connectivity index (χ4v) is 2.81. The SMILES string of the molecule is Cc1ccccc1OCC(=O)N(Cc1ccccc1F)[C@H](C)C(=O)NC(C)(C)C. The fourth-order valence-electron chi connectivity index (χ4n) is 2.81. The lowest BCUT2D eigenvalue weighted by Gasteiger charge is -2.31. The van der Waals surface area contributed by atoms with Gasteiger partial charge in [-0.25, -0.2) is 4.39 Å². The van der Waals surface area contributed by atoms with E-state index in [0.717, 1.165) is 5.56 Å². The van der Waals surface area contributed by atoms with E-state index in [9.17, 15) is 14.0 Å². The molecule has 6 heteroatoms. The van der Waals surface area contributed by atoms with Crippen molar-refractivity contribution in [3.8, 4) is 5.75 Å². The van der Waals surface area contributed by atoms with Crippen molar-refractivity contribution in [1.29, 1.82) is 0 Å². The van der Waals surface area contributed by atoms with E-state index in [-0.39, 0.29) is 19.1 Å². The molecule has 0 saturated heterocycles. The Morgan fingerprint density at radius 3 is 2.34 bits per heavy atom. The first-order chi connectivity index (χ1) is 13.6. The van der Waals surface area contributed by atoms with Crippen LogP contribution in [0.2, 0.25) is 0 Å². The molecule has 0 aliphatic heterocycles. The number of benzene rings is 2. The fraction of sp³-hybridized carbons (Fsp3) is 0.391. The van der Waals surface area contributed by atoms with Crippen LogP contribution in [0.5, 0.6) is 5.75 Å². The van der Waals surface area contributed by atoms with Gasteiger partial charge in [-0.2, -0.15) is 0 Å². The molecule has 0 bridgehead atoms. The molecule has 2 rings (SSSR count). The summed E-state index contributed by atoms with van der Waals surface area (Å²) in [6, 6.07) is 12.8. The zero-order chi connectivity index (χ0) is 21.6. The van der Waals surface area contributed by atoms with Crippen LogP contribution in [0.25, 0.3) is 0 Å². The molecule has 2 amide bonds. The molecule has 0 radical (unpaired) electrons. The van der Waals surface area contributed by atoms with Gasteiger partial charge in [-0.15, -0.1) is 0 Å². The van der Waals surface area contributed by atoms with Crippen molar-refractivity contribution in [3.63, 3.8) is 0 Å². The Balaban J connectivity index is 2.20. The Morgan fingerprint density at radius 2 is 1.72 bits per heavy atom. The normalized spacial score (nSPS) is 12.2. The van der Waals surface area contributed by atoms with Gasteiger partial charge in [0.15, 0.2) is 6.61 Å². The summed E-state index contributed by atoms with van der Waals surface area (Å²) in [6.45, 7) is 8.84. The van der Waals surface area contributed by atoms with Crippen LogP contribution in [-0.2, 0) is 16.1 Å². The van der Waals surface area contributed by atoms with Crippen molar-refractivity contribution < 1.29 is 18.7 Å². The highest BCUT2D eigenvalue weighted by atomic mass is 19.1. The molecule has 5 nitrogen and oxygen atoms in total. The van der Waals surface area contributed by atoms with Gasteiger partial charge in [0.2, 0.25) is 5.91 Å². The second kappa shape index (κ2) is 9.54. The first-order valence-corrected chi connectivity index (χ1v) is 9.62. The second-order valence-electron chi connectivity index (χ2n) is 8.08. The number of para-hydroxylation sites is 1. The predicted octanol–water partition coefficient (Wildman–Crippen LogP) is 3.84. The van der Waals surface area contributed by atoms with E-state index in [1.807, 2.05) is 45.9 Å². The van der Waals surface area contributed by atoms with E-state index in [4.69, 9.17) is 4.74 Å². The van der Waals surface area contributed by atoms with Gasteiger partial charge in [-0.1, -0.05) is 36.4 Å². The maximum absolute atomic E-state index is 14.2. The summed E-state index contributed by atoms with van der Waals surface area (Å²) in [6.07, 6.45) is 0. The Hall–Kier alpha value is -2.89. The van der Waals surface area contributed by atoms with Crippen molar-refractivity contribution in [2.75, 3.05) is 6.61 Å². The van der Waals surface area contributed by atoms with Crippen LogP contribution in [0.15, 0.2) is 48.5 Å². The standard InChI is InChI=1S/C23H29FN2O3/c1-16-10-6-9-13-20(16)29-15-21(27)26(14-18-11-7-8-12-19(18)24)17(2)22(28)25-23(3,4)5/h6-13,17H,14-15H2,1-5H3,(H,25,28)/t17-/m1/s1. The third-order valence-electron chi connectivity index (χ3n) is 4.41. The van der Waals surface area contributed by atoms with Crippen molar-refractivity contribution in [2.45, 2.75) is 52.7 Å². The van der Waals surface area contributed by atoms with Crippen LogP contribution in [-0.4, -0.2) is 34.9 Å². The summed E-state index contributed by atoms with van der Waals surface area (Å²) in [5.41, 5.74) is 0.794. The third-order valence-corrected chi connectivity index (χ3v) is 4.41. The number of carbonyl (C=O) groups is 2. The lowest BCUT2D eigenvalue weighted by Crippen LogP contribution is -2.53. The van der Waals surface area contributed by atoms with Crippen molar-refractivity contribution in [1.82, 2.24) is 10.2 Å². The number of hydrogen-bond donors (Lipinski definition) is 1. The van der Waals surface area contributed by atoms with Crippen LogP contribution in [0.4, 0.5) is 4.39 Å². The summed E-state index contributed by atoms with van der Waals surface area (Å²) in [4.78, 5) is 27.0. The van der Waals surface area contributed by atoms with Crippen LogP contribution >= 0.6 is 0 Å². The molecule has 0 spiro atoms. The molecular weight excluding hydrogens is 371 g/mol. The number of aryl methyl sites for hydroxylation is 1. The van der Waals surface area contributed by atoms with Gasteiger partial charge >= 0.3 is 0 Å². The molecule has 0 aliphatic rings. The number of nitrogens with one attached hydrogen (secondary N) is 1. The Bertz CT molecular complexity index is 861. The highest BCUT2D eigenvalue weighted by Gasteiger charge is 2.29. The van der Waals surface area contributed by atoms with Gasteiger partial charge in [-0.05, 0) is 52.3 Å². The Kier molecular flexibility index (Phi) is 7.37. The van der Waals surface area contributed by atoms with Gasteiger partial charge in [0.1, 0.15) is 17.6 Å². The van der Waals surface area contributed by atoms with Gasteiger partial charge < -0.3 is 15.0 Å². The van der Waals surface area contributed by atoms with Crippen LogP contribution in [0.1, 0.15) is 38.8 Å². The van der Waals surface area contributed by atoms with Gasteiger partial charge in [0.25, 0.3) is 5.91 Å². The van der Waals surface area contributed by atoms with E-state index < -0.39 is 23.3 Å². The number of nitrogens with zero attached hydrogens (tertiary/aromatic N) is 1. The average Bonchev–Trinajstić information content (AvgIpc) is 2.64. The maximum Gasteiger partial charge on any atom is 0.261 e. The summed E-state index contributed by atoms with van der Waals surface area (Å²) in [5, 5.41) is 2.87.